The molecule has 1 saturated heterocycles. The third kappa shape index (κ3) is 4.19. The fourth-order valence-corrected chi connectivity index (χ4v) is 2.78. The summed E-state index contributed by atoms with van der Waals surface area (Å²) in [7, 11) is 0. The summed E-state index contributed by atoms with van der Waals surface area (Å²) in [4.78, 5) is 17.5. The van der Waals surface area contributed by atoms with Gasteiger partial charge in [-0.1, -0.05) is 0 Å². The molecular formula is C18H21F3N4O2. The molecule has 0 radical (unpaired) electrons. The predicted molar refractivity (Wildman–Crippen MR) is 94.1 cm³/mol. The molecule has 9 heteroatoms. The van der Waals surface area contributed by atoms with Crippen LogP contribution in [0.25, 0.3) is 0 Å². The number of benzene rings is 1. The van der Waals surface area contributed by atoms with E-state index < -0.39 is 17.5 Å². The standard InChI is InChI=1S/C18H21F3N4O2/c1-2-25(12-23-15-4-3-10-22-15)16(26)17(9-11-24-17)27-14-7-5-13(6-8-14)18(19,20)21/h3-8,10,22-24H,2,9,11-12H2,1H3. The minimum absolute atomic E-state index is 0.205. The number of hydrogen-bond acceptors (Lipinski definition) is 4. The van der Waals surface area contributed by atoms with E-state index >= 15 is 0 Å². The van der Waals surface area contributed by atoms with Crippen LogP contribution in [-0.4, -0.2) is 41.3 Å². The van der Waals surface area contributed by atoms with Crippen molar-refractivity contribution in [2.24, 2.45) is 0 Å². The van der Waals surface area contributed by atoms with E-state index in [1.807, 2.05) is 19.1 Å². The van der Waals surface area contributed by atoms with Crippen molar-refractivity contribution in [3.05, 3.63) is 48.2 Å². The first-order valence-electron chi connectivity index (χ1n) is 8.62. The Morgan fingerprint density at radius 3 is 2.48 bits per heavy atom. The highest BCUT2D eigenvalue weighted by molar-refractivity contribution is 5.86. The Bertz CT molecular complexity index is 756. The normalized spacial score (nSPS) is 19.3. The maximum atomic E-state index is 13.0. The van der Waals surface area contributed by atoms with Gasteiger partial charge in [0.25, 0.3) is 5.91 Å². The molecule has 1 aliphatic heterocycles. The van der Waals surface area contributed by atoms with Crippen molar-refractivity contribution >= 4 is 11.7 Å². The molecule has 1 unspecified atom stereocenters. The molecule has 1 aromatic carbocycles. The fraction of sp³-hybridized carbons (Fsp3) is 0.389. The summed E-state index contributed by atoms with van der Waals surface area (Å²) in [6.07, 6.45) is -2.21. The van der Waals surface area contributed by atoms with Gasteiger partial charge >= 0.3 is 6.18 Å². The Kier molecular flexibility index (Phi) is 5.31. The SMILES string of the molecule is CCN(CNc1ccc[nH]1)C(=O)C1(Oc2ccc(C(F)(F)F)cc2)CCN1. The van der Waals surface area contributed by atoms with Crippen LogP contribution in [0.3, 0.4) is 0 Å². The molecule has 1 amide bonds. The second-order valence-corrected chi connectivity index (χ2v) is 6.21. The number of anilines is 1. The number of aromatic amines is 1. The first-order chi connectivity index (χ1) is 12.8. The summed E-state index contributed by atoms with van der Waals surface area (Å²) < 4.78 is 43.9. The molecule has 0 spiro atoms. The highest BCUT2D eigenvalue weighted by atomic mass is 19.4. The van der Waals surface area contributed by atoms with Crippen LogP contribution in [0.5, 0.6) is 5.75 Å². The van der Waals surface area contributed by atoms with Gasteiger partial charge in [0, 0.05) is 25.7 Å². The van der Waals surface area contributed by atoms with Gasteiger partial charge in [0.1, 0.15) is 11.6 Å². The molecule has 3 rings (SSSR count). The summed E-state index contributed by atoms with van der Waals surface area (Å²) >= 11 is 0. The summed E-state index contributed by atoms with van der Waals surface area (Å²) in [6.45, 7) is 3.16. The quantitative estimate of drug-likeness (QED) is 0.644. The molecule has 2 heterocycles. The number of halogens is 3. The zero-order valence-corrected chi connectivity index (χ0v) is 14.8. The molecule has 1 fully saturated rings. The Balaban J connectivity index is 1.68. The van der Waals surface area contributed by atoms with Crippen molar-refractivity contribution in [2.45, 2.75) is 25.2 Å². The van der Waals surface area contributed by atoms with Crippen LogP contribution in [-0.2, 0) is 11.0 Å². The minimum Gasteiger partial charge on any atom is -0.463 e. The lowest BCUT2D eigenvalue weighted by Crippen LogP contribution is -2.69. The van der Waals surface area contributed by atoms with Crippen LogP contribution in [0.4, 0.5) is 19.0 Å². The summed E-state index contributed by atoms with van der Waals surface area (Å²) in [6, 6.07) is 8.02. The molecule has 146 valence electrons. The Morgan fingerprint density at radius 2 is 2.00 bits per heavy atom. The van der Waals surface area contributed by atoms with Crippen molar-refractivity contribution < 1.29 is 22.7 Å². The van der Waals surface area contributed by atoms with Gasteiger partial charge < -0.3 is 19.9 Å². The van der Waals surface area contributed by atoms with E-state index in [-0.39, 0.29) is 18.3 Å². The van der Waals surface area contributed by atoms with E-state index in [9.17, 15) is 18.0 Å². The lowest BCUT2D eigenvalue weighted by molar-refractivity contribution is -0.159. The molecule has 27 heavy (non-hydrogen) atoms. The van der Waals surface area contributed by atoms with Crippen molar-refractivity contribution in [3.8, 4) is 5.75 Å². The average molecular weight is 382 g/mol. The van der Waals surface area contributed by atoms with E-state index in [0.29, 0.717) is 19.5 Å². The number of likely N-dealkylation sites (N-methyl/N-ethyl adjacent to an activating group) is 1. The number of nitrogens with zero attached hydrogens (tertiary/aromatic N) is 1. The Hall–Kier alpha value is -2.68. The number of rotatable bonds is 7. The maximum Gasteiger partial charge on any atom is 0.416 e. The van der Waals surface area contributed by atoms with Gasteiger partial charge in [0.15, 0.2) is 0 Å². The topological polar surface area (TPSA) is 69.4 Å². The predicted octanol–water partition coefficient (Wildman–Crippen LogP) is 3.02. The lowest BCUT2D eigenvalue weighted by atomic mass is 10.00. The van der Waals surface area contributed by atoms with Gasteiger partial charge in [0.2, 0.25) is 5.72 Å². The molecule has 1 aliphatic rings. The molecule has 0 aliphatic carbocycles. The smallest absolute Gasteiger partial charge is 0.416 e. The van der Waals surface area contributed by atoms with Crippen LogP contribution in [0, 0.1) is 0 Å². The number of ether oxygens (including phenoxy) is 1. The lowest BCUT2D eigenvalue weighted by Gasteiger charge is -2.43. The zero-order chi connectivity index (χ0) is 19.5. The molecule has 1 atom stereocenters. The maximum absolute atomic E-state index is 13.0. The van der Waals surface area contributed by atoms with Gasteiger partial charge in [-0.2, -0.15) is 13.2 Å². The van der Waals surface area contributed by atoms with Gasteiger partial charge in [-0.3, -0.25) is 10.1 Å². The molecule has 3 N–H and O–H groups in total. The van der Waals surface area contributed by atoms with Crippen LogP contribution >= 0.6 is 0 Å². The average Bonchev–Trinajstić information content (AvgIpc) is 3.11. The molecule has 0 saturated carbocycles. The van der Waals surface area contributed by atoms with Crippen molar-refractivity contribution in [1.29, 1.82) is 0 Å². The zero-order valence-electron chi connectivity index (χ0n) is 14.8. The number of carbonyl (C=O) groups is 1. The van der Waals surface area contributed by atoms with E-state index in [4.69, 9.17) is 4.74 Å². The van der Waals surface area contributed by atoms with E-state index in [2.05, 4.69) is 15.6 Å². The Morgan fingerprint density at radius 1 is 1.30 bits per heavy atom. The first kappa shape index (κ1) is 19.1. The number of H-pyrrole nitrogens is 1. The van der Waals surface area contributed by atoms with E-state index in [0.717, 1.165) is 18.0 Å². The van der Waals surface area contributed by atoms with Gasteiger partial charge in [-0.05, 0) is 43.3 Å². The third-order valence-corrected chi connectivity index (χ3v) is 4.43. The van der Waals surface area contributed by atoms with Gasteiger partial charge in [-0.25, -0.2) is 0 Å². The molecule has 6 nitrogen and oxygen atoms in total. The van der Waals surface area contributed by atoms with E-state index in [1.165, 1.54) is 12.1 Å². The molecule has 2 aromatic rings. The van der Waals surface area contributed by atoms with Crippen molar-refractivity contribution in [1.82, 2.24) is 15.2 Å². The second kappa shape index (κ2) is 7.51. The van der Waals surface area contributed by atoms with Gasteiger partial charge in [-0.15, -0.1) is 0 Å². The summed E-state index contributed by atoms with van der Waals surface area (Å²) in [5.41, 5.74) is -2.02. The minimum atomic E-state index is -4.41. The highest BCUT2D eigenvalue weighted by Gasteiger charge is 2.48. The molecule has 0 bridgehead atoms. The fourth-order valence-electron chi connectivity index (χ4n) is 2.78. The number of aromatic nitrogens is 1. The number of hydrogen-bond donors (Lipinski definition) is 3. The van der Waals surface area contributed by atoms with Crippen LogP contribution in [0.15, 0.2) is 42.6 Å². The van der Waals surface area contributed by atoms with Crippen molar-refractivity contribution in [3.63, 3.8) is 0 Å². The third-order valence-electron chi connectivity index (χ3n) is 4.43. The van der Waals surface area contributed by atoms with Crippen LogP contribution in [0.2, 0.25) is 0 Å². The monoisotopic (exact) mass is 382 g/mol. The molecular weight excluding hydrogens is 361 g/mol. The number of alkyl halides is 3. The van der Waals surface area contributed by atoms with Crippen LogP contribution in [0.1, 0.15) is 18.9 Å². The van der Waals surface area contributed by atoms with Crippen LogP contribution < -0.4 is 15.4 Å². The van der Waals surface area contributed by atoms with E-state index in [1.54, 1.807) is 11.1 Å². The largest absolute Gasteiger partial charge is 0.463 e. The summed E-state index contributed by atoms with van der Waals surface area (Å²) in [5, 5.41) is 6.09. The Labute approximate surface area is 154 Å². The van der Waals surface area contributed by atoms with Gasteiger partial charge in [0.05, 0.1) is 12.2 Å². The number of nitrogens with one attached hydrogen (secondary N) is 3. The number of carbonyl (C=O) groups excluding carboxylic acids is 1. The van der Waals surface area contributed by atoms with Crippen molar-refractivity contribution in [2.75, 3.05) is 25.1 Å². The number of amides is 1. The molecule has 1 aromatic heterocycles. The summed E-state index contributed by atoms with van der Waals surface area (Å²) in [5.74, 6) is 0.715. The first-order valence-corrected chi connectivity index (χ1v) is 8.62. The highest BCUT2D eigenvalue weighted by Crippen LogP contribution is 2.32. The second-order valence-electron chi connectivity index (χ2n) is 6.21.